The van der Waals surface area contributed by atoms with Gasteiger partial charge in [-0.25, -0.2) is 4.39 Å². The summed E-state index contributed by atoms with van der Waals surface area (Å²) in [5, 5.41) is 2.47. The summed E-state index contributed by atoms with van der Waals surface area (Å²) in [5.74, 6) is 0.0180. The second-order valence-corrected chi connectivity index (χ2v) is 4.83. The van der Waals surface area contributed by atoms with Gasteiger partial charge in [0.15, 0.2) is 0 Å². The lowest BCUT2D eigenvalue weighted by Gasteiger charge is -2.10. The van der Waals surface area contributed by atoms with E-state index in [1.54, 1.807) is 6.07 Å². The first-order valence-electron chi connectivity index (χ1n) is 5.04. The molecule has 2 unspecified atom stereocenters. The van der Waals surface area contributed by atoms with Crippen molar-refractivity contribution in [1.82, 2.24) is 5.32 Å². The molecule has 0 saturated heterocycles. The Balaban J connectivity index is 2.17. The molecule has 1 aliphatic carbocycles. The Kier molecular flexibility index (Phi) is 2.01. The number of carbonyl (C=O) groups is 1. The largest absolute Gasteiger partial charge is 0.489 e. The highest BCUT2D eigenvalue weighted by Gasteiger charge is 2.50. The molecule has 1 heterocycles. The molecule has 1 N–H and O–H groups in total. The van der Waals surface area contributed by atoms with E-state index in [-0.39, 0.29) is 33.8 Å². The topological polar surface area (TPSA) is 38.3 Å². The van der Waals surface area contributed by atoms with Gasteiger partial charge in [0.05, 0.1) is 10.0 Å². The van der Waals surface area contributed by atoms with Gasteiger partial charge in [0.25, 0.3) is 5.91 Å². The third-order valence-corrected chi connectivity index (χ3v) is 3.83. The molecule has 1 saturated carbocycles. The molecule has 0 bridgehead atoms. The molecule has 1 aromatic rings. The van der Waals surface area contributed by atoms with Gasteiger partial charge in [-0.15, -0.1) is 0 Å². The van der Waals surface area contributed by atoms with E-state index >= 15 is 0 Å². The Bertz CT molecular complexity index is 503. The van der Waals surface area contributed by atoms with Crippen LogP contribution in [0.5, 0.6) is 5.75 Å². The van der Waals surface area contributed by atoms with Crippen molar-refractivity contribution in [3.8, 4) is 5.75 Å². The van der Waals surface area contributed by atoms with Crippen LogP contribution in [0.2, 0.25) is 0 Å². The number of amides is 1. The van der Waals surface area contributed by atoms with Gasteiger partial charge < -0.3 is 10.1 Å². The smallest absolute Gasteiger partial charge is 0.252 e. The fourth-order valence-electron chi connectivity index (χ4n) is 2.13. The Morgan fingerprint density at radius 1 is 1.69 bits per heavy atom. The number of carbonyl (C=O) groups excluding carboxylic acids is 1. The van der Waals surface area contributed by atoms with Gasteiger partial charge in [-0.1, -0.05) is 0 Å². The molecule has 2 aliphatic rings. The minimum absolute atomic E-state index is 0.122. The fourth-order valence-corrected chi connectivity index (χ4v) is 2.64. The number of benzene rings is 1. The minimum Gasteiger partial charge on any atom is -0.489 e. The third-order valence-electron chi connectivity index (χ3n) is 3.06. The summed E-state index contributed by atoms with van der Waals surface area (Å²) in [7, 11) is 1.51. The molecule has 3 rings (SSSR count). The minimum atomic E-state index is -0.360. The van der Waals surface area contributed by atoms with Crippen molar-refractivity contribution < 1.29 is 13.9 Å². The molecule has 16 heavy (non-hydrogen) atoms. The van der Waals surface area contributed by atoms with Crippen LogP contribution in [-0.4, -0.2) is 19.1 Å². The highest BCUT2D eigenvalue weighted by atomic mass is 79.9. The zero-order chi connectivity index (χ0) is 11.4. The summed E-state index contributed by atoms with van der Waals surface area (Å²) in [6, 6.07) is 1.60. The Labute approximate surface area is 100 Å². The molecule has 2 atom stereocenters. The molecular formula is C11H9BrFNO2. The number of hydrogen-bond acceptors (Lipinski definition) is 2. The molecule has 3 nitrogen and oxygen atoms in total. The first-order chi connectivity index (χ1) is 7.63. The second-order valence-electron chi connectivity index (χ2n) is 4.04. The van der Waals surface area contributed by atoms with Crippen LogP contribution in [0.4, 0.5) is 4.39 Å². The van der Waals surface area contributed by atoms with Crippen molar-refractivity contribution in [2.75, 3.05) is 7.05 Å². The Hall–Kier alpha value is -1.10. The van der Waals surface area contributed by atoms with Gasteiger partial charge >= 0.3 is 0 Å². The summed E-state index contributed by atoms with van der Waals surface area (Å²) < 4.78 is 19.8. The van der Waals surface area contributed by atoms with Crippen molar-refractivity contribution in [2.45, 2.75) is 18.4 Å². The molecule has 1 amide bonds. The van der Waals surface area contributed by atoms with E-state index in [2.05, 4.69) is 21.2 Å². The van der Waals surface area contributed by atoms with Crippen molar-refractivity contribution in [1.29, 1.82) is 0 Å². The average Bonchev–Trinajstić information content (AvgIpc) is 2.94. The predicted octanol–water partition coefficient (Wildman–Crippen LogP) is 2.20. The average molecular weight is 286 g/mol. The van der Waals surface area contributed by atoms with Crippen LogP contribution in [0.1, 0.15) is 28.3 Å². The Morgan fingerprint density at radius 3 is 3.12 bits per heavy atom. The number of hydrogen-bond donors (Lipinski definition) is 1. The van der Waals surface area contributed by atoms with Gasteiger partial charge in [-0.05, 0) is 28.4 Å². The zero-order valence-electron chi connectivity index (χ0n) is 8.51. The number of rotatable bonds is 1. The van der Waals surface area contributed by atoms with Crippen LogP contribution in [0.15, 0.2) is 10.5 Å². The van der Waals surface area contributed by atoms with E-state index in [0.29, 0.717) is 11.3 Å². The molecule has 1 aromatic carbocycles. The van der Waals surface area contributed by atoms with E-state index in [9.17, 15) is 9.18 Å². The summed E-state index contributed by atoms with van der Waals surface area (Å²) >= 11 is 3.13. The van der Waals surface area contributed by atoms with Gasteiger partial charge in [0, 0.05) is 18.5 Å². The fraction of sp³-hybridized carbons (Fsp3) is 0.364. The van der Waals surface area contributed by atoms with Gasteiger partial charge in [-0.2, -0.15) is 0 Å². The molecule has 1 fully saturated rings. The Morgan fingerprint density at radius 2 is 2.44 bits per heavy atom. The van der Waals surface area contributed by atoms with E-state index in [0.717, 1.165) is 6.42 Å². The number of ether oxygens (including phenoxy) is 1. The van der Waals surface area contributed by atoms with E-state index in [1.807, 2.05) is 0 Å². The summed E-state index contributed by atoms with van der Waals surface area (Å²) in [6.07, 6.45) is 1.01. The number of halogens is 2. The standard InChI is InChI=1S/C11H9BrFNO2/c1-14-11(15)5-3-7-8(10(13)9(5)12)4-2-6(4)16-7/h3-4,6H,2H2,1H3,(H,14,15). The van der Waals surface area contributed by atoms with Crippen LogP contribution in [0.3, 0.4) is 0 Å². The van der Waals surface area contributed by atoms with Crippen LogP contribution in [-0.2, 0) is 0 Å². The maximum Gasteiger partial charge on any atom is 0.252 e. The maximum atomic E-state index is 14.0. The SMILES string of the molecule is CNC(=O)c1cc2c(c(F)c1Br)C1CC1O2. The number of nitrogens with one attached hydrogen (secondary N) is 1. The predicted molar refractivity (Wildman–Crippen MR) is 59.3 cm³/mol. The van der Waals surface area contributed by atoms with Crippen LogP contribution >= 0.6 is 15.9 Å². The van der Waals surface area contributed by atoms with Gasteiger partial charge in [0.1, 0.15) is 17.7 Å². The van der Waals surface area contributed by atoms with Crippen molar-refractivity contribution >= 4 is 21.8 Å². The molecular weight excluding hydrogens is 277 g/mol. The van der Waals surface area contributed by atoms with E-state index < -0.39 is 0 Å². The molecule has 0 radical (unpaired) electrons. The molecule has 5 heteroatoms. The van der Waals surface area contributed by atoms with E-state index in [4.69, 9.17) is 4.74 Å². The molecule has 0 aromatic heterocycles. The summed E-state index contributed by atoms with van der Waals surface area (Å²) in [5.41, 5.74) is 0.893. The van der Waals surface area contributed by atoms with Crippen LogP contribution < -0.4 is 10.1 Å². The highest BCUT2D eigenvalue weighted by Crippen LogP contribution is 2.55. The van der Waals surface area contributed by atoms with E-state index in [1.165, 1.54) is 7.05 Å². The second kappa shape index (κ2) is 3.20. The molecule has 0 spiro atoms. The lowest BCUT2D eigenvalue weighted by Crippen LogP contribution is -2.19. The maximum absolute atomic E-state index is 14.0. The van der Waals surface area contributed by atoms with Gasteiger partial charge in [0.2, 0.25) is 0 Å². The van der Waals surface area contributed by atoms with Gasteiger partial charge in [-0.3, -0.25) is 4.79 Å². The number of fused-ring (bicyclic) bond motifs is 3. The highest BCUT2D eigenvalue weighted by molar-refractivity contribution is 9.10. The zero-order valence-corrected chi connectivity index (χ0v) is 10.1. The first-order valence-corrected chi connectivity index (χ1v) is 5.83. The summed E-state index contributed by atoms with van der Waals surface area (Å²) in [4.78, 5) is 11.5. The van der Waals surface area contributed by atoms with Crippen molar-refractivity contribution in [2.24, 2.45) is 0 Å². The monoisotopic (exact) mass is 285 g/mol. The normalized spacial score (nSPS) is 24.4. The quantitative estimate of drug-likeness (QED) is 0.859. The first kappa shape index (κ1) is 10.1. The summed E-state index contributed by atoms with van der Waals surface area (Å²) in [6.45, 7) is 0. The van der Waals surface area contributed by atoms with Crippen molar-refractivity contribution in [3.63, 3.8) is 0 Å². The van der Waals surface area contributed by atoms with Crippen LogP contribution in [0.25, 0.3) is 0 Å². The van der Waals surface area contributed by atoms with Crippen LogP contribution in [0, 0.1) is 5.82 Å². The lowest BCUT2D eigenvalue weighted by molar-refractivity contribution is 0.0961. The third kappa shape index (κ3) is 1.21. The van der Waals surface area contributed by atoms with Crippen molar-refractivity contribution in [3.05, 3.63) is 27.5 Å². The lowest BCUT2D eigenvalue weighted by atomic mass is 10.1. The molecule has 1 aliphatic heterocycles. The molecule has 84 valence electrons.